The predicted molar refractivity (Wildman–Crippen MR) is 91.2 cm³/mol. The summed E-state index contributed by atoms with van der Waals surface area (Å²) in [5, 5.41) is 16.4. The molecule has 140 valence electrons. The first kappa shape index (κ1) is 18.5. The number of ether oxygens (including phenoxy) is 3. The van der Waals surface area contributed by atoms with Crippen LogP contribution in [0.5, 0.6) is 0 Å². The van der Waals surface area contributed by atoms with Crippen LogP contribution in [0.3, 0.4) is 0 Å². The second kappa shape index (κ2) is 8.86. The molecule has 2 N–H and O–H groups in total. The van der Waals surface area contributed by atoms with Crippen molar-refractivity contribution in [2.45, 2.75) is 37.4 Å². The number of fused-ring (bicyclic) bond motifs is 1. The molecule has 5 atom stereocenters. The Hall–Kier alpha value is -2.32. The molecule has 0 spiro atoms. The van der Waals surface area contributed by atoms with Gasteiger partial charge in [0, 0.05) is 4.91 Å². The van der Waals surface area contributed by atoms with Gasteiger partial charge >= 0.3 is 6.09 Å². The topological polar surface area (TPSA) is 126 Å². The van der Waals surface area contributed by atoms with E-state index in [-0.39, 0.29) is 24.9 Å². The van der Waals surface area contributed by atoms with E-state index in [0.29, 0.717) is 19.6 Å². The molecule has 2 saturated heterocycles. The molecule has 0 aliphatic carbocycles. The van der Waals surface area contributed by atoms with Crippen molar-refractivity contribution in [3.8, 4) is 0 Å². The summed E-state index contributed by atoms with van der Waals surface area (Å²) in [5.74, 6) is 0.0430. The van der Waals surface area contributed by atoms with E-state index in [0.717, 1.165) is 12.0 Å². The Morgan fingerprint density at radius 1 is 1.42 bits per heavy atom. The molecule has 0 saturated carbocycles. The molecule has 9 nitrogen and oxygen atoms in total. The van der Waals surface area contributed by atoms with Crippen molar-refractivity contribution in [2.24, 2.45) is 11.0 Å². The van der Waals surface area contributed by atoms with Crippen LogP contribution in [0, 0.1) is 5.92 Å². The van der Waals surface area contributed by atoms with Crippen LogP contribution in [0.4, 0.5) is 4.79 Å². The molecule has 3 rings (SSSR count). The second-order valence-electron chi connectivity index (χ2n) is 6.39. The Morgan fingerprint density at radius 2 is 2.23 bits per heavy atom. The van der Waals surface area contributed by atoms with Crippen molar-refractivity contribution in [2.75, 3.05) is 19.8 Å². The molecule has 1 aromatic rings. The number of alkyl carbamates (subject to hydrolysis) is 1. The van der Waals surface area contributed by atoms with Gasteiger partial charge in [-0.1, -0.05) is 35.4 Å². The Kier molecular flexibility index (Phi) is 6.30. The number of rotatable bonds is 7. The van der Waals surface area contributed by atoms with Crippen LogP contribution in [0.1, 0.15) is 12.0 Å². The van der Waals surface area contributed by atoms with Gasteiger partial charge in [-0.25, -0.2) is 4.79 Å². The van der Waals surface area contributed by atoms with Gasteiger partial charge in [0.1, 0.15) is 6.10 Å². The number of aliphatic hydroxyl groups excluding tert-OH is 1. The maximum Gasteiger partial charge on any atom is 0.407 e. The lowest BCUT2D eigenvalue weighted by Gasteiger charge is -2.24. The maximum absolute atomic E-state index is 12.3. The highest BCUT2D eigenvalue weighted by Crippen LogP contribution is 2.32. The van der Waals surface area contributed by atoms with Crippen LogP contribution >= 0.6 is 0 Å². The molecule has 9 heteroatoms. The van der Waals surface area contributed by atoms with Gasteiger partial charge in [0.05, 0.1) is 37.8 Å². The highest BCUT2D eigenvalue weighted by atomic mass is 16.7. The van der Waals surface area contributed by atoms with Crippen LogP contribution in [-0.2, 0) is 20.6 Å². The Labute approximate surface area is 150 Å². The summed E-state index contributed by atoms with van der Waals surface area (Å²) in [6.45, 7) is 0.755. The third kappa shape index (κ3) is 4.64. The zero-order chi connectivity index (χ0) is 18.4. The van der Waals surface area contributed by atoms with Crippen LogP contribution in [-0.4, -0.2) is 55.5 Å². The molecule has 1 aromatic carbocycles. The number of amides is 1. The number of nitrogens with one attached hydrogen (secondary N) is 1. The Balaban J connectivity index is 1.60. The first-order chi connectivity index (χ1) is 12.7. The zero-order valence-corrected chi connectivity index (χ0v) is 14.2. The third-order valence-corrected chi connectivity index (χ3v) is 4.64. The quantitative estimate of drug-likeness (QED) is 0.434. The van der Waals surface area contributed by atoms with Gasteiger partial charge in [-0.3, -0.25) is 0 Å². The lowest BCUT2D eigenvalue weighted by atomic mass is 10.0. The van der Waals surface area contributed by atoms with Gasteiger partial charge in [-0.2, -0.15) is 0 Å². The normalized spacial score (nSPS) is 26.4. The van der Waals surface area contributed by atoms with Crippen molar-refractivity contribution < 1.29 is 24.1 Å². The molecule has 2 heterocycles. The number of carbonyl (C=O) groups is 1. The average Bonchev–Trinajstić information content (AvgIpc) is 3.25. The van der Waals surface area contributed by atoms with E-state index in [4.69, 9.17) is 19.7 Å². The lowest BCUT2D eigenvalue weighted by Crippen LogP contribution is -2.47. The van der Waals surface area contributed by atoms with Crippen molar-refractivity contribution in [1.82, 2.24) is 5.32 Å². The van der Waals surface area contributed by atoms with Gasteiger partial charge in [-0.05, 0) is 23.9 Å². The monoisotopic (exact) mass is 362 g/mol. The molecule has 26 heavy (non-hydrogen) atoms. The summed E-state index contributed by atoms with van der Waals surface area (Å²) in [7, 11) is 0. The van der Waals surface area contributed by atoms with Gasteiger partial charge in [0.15, 0.2) is 6.29 Å². The van der Waals surface area contributed by atoms with Crippen molar-refractivity contribution >= 4 is 6.09 Å². The first-order valence-electron chi connectivity index (χ1n) is 8.60. The fourth-order valence-electron chi connectivity index (χ4n) is 3.27. The molecule has 1 amide bonds. The fourth-order valence-corrected chi connectivity index (χ4v) is 3.27. The molecule has 2 aliphatic heterocycles. The minimum Gasteiger partial charge on any atom is -0.443 e. The number of aliphatic hydroxyl groups is 1. The summed E-state index contributed by atoms with van der Waals surface area (Å²) in [4.78, 5) is 15.0. The SMILES string of the molecule is [N-]=[N+]=NCC(O)C(Cc1ccccc1)NC(=O)OC1COC2OCCC12. The number of azide groups is 1. The van der Waals surface area contributed by atoms with Gasteiger partial charge < -0.3 is 24.6 Å². The molecular formula is C17H22N4O5. The summed E-state index contributed by atoms with van der Waals surface area (Å²) in [6.07, 6.45) is -1.16. The zero-order valence-electron chi connectivity index (χ0n) is 14.2. The molecule has 0 radical (unpaired) electrons. The molecule has 2 fully saturated rings. The van der Waals surface area contributed by atoms with Crippen molar-refractivity contribution in [3.63, 3.8) is 0 Å². The third-order valence-electron chi connectivity index (χ3n) is 4.64. The molecule has 0 bridgehead atoms. The second-order valence-corrected chi connectivity index (χ2v) is 6.39. The minimum atomic E-state index is -1.03. The van der Waals surface area contributed by atoms with Crippen LogP contribution < -0.4 is 5.32 Å². The van der Waals surface area contributed by atoms with Crippen molar-refractivity contribution in [1.29, 1.82) is 0 Å². The number of hydrogen-bond donors (Lipinski definition) is 2. The highest BCUT2D eigenvalue weighted by molar-refractivity contribution is 5.68. The van der Waals surface area contributed by atoms with E-state index in [1.54, 1.807) is 0 Å². The molecule has 0 aromatic heterocycles. The van der Waals surface area contributed by atoms with Crippen LogP contribution in [0.25, 0.3) is 10.4 Å². The standard InChI is InChI=1S/C17H22N4O5/c18-21-19-9-14(22)13(8-11-4-2-1-3-5-11)20-17(23)26-15-10-25-16-12(15)6-7-24-16/h1-5,12-16,22H,6-10H2,(H,20,23). The number of benzene rings is 1. The van der Waals surface area contributed by atoms with Crippen LogP contribution in [0.2, 0.25) is 0 Å². The van der Waals surface area contributed by atoms with E-state index >= 15 is 0 Å². The molecule has 5 unspecified atom stereocenters. The van der Waals surface area contributed by atoms with Gasteiger partial charge in [0.2, 0.25) is 0 Å². The summed E-state index contributed by atoms with van der Waals surface area (Å²) >= 11 is 0. The average molecular weight is 362 g/mol. The lowest BCUT2D eigenvalue weighted by molar-refractivity contribution is -0.0907. The van der Waals surface area contributed by atoms with Gasteiger partial charge in [0.25, 0.3) is 0 Å². The van der Waals surface area contributed by atoms with E-state index < -0.39 is 18.2 Å². The summed E-state index contributed by atoms with van der Waals surface area (Å²) in [5.41, 5.74) is 9.39. The van der Waals surface area contributed by atoms with E-state index in [1.165, 1.54) is 0 Å². The minimum absolute atomic E-state index is 0.0430. The molecular weight excluding hydrogens is 340 g/mol. The van der Waals surface area contributed by atoms with Crippen molar-refractivity contribution in [3.05, 3.63) is 46.3 Å². The maximum atomic E-state index is 12.3. The van der Waals surface area contributed by atoms with E-state index in [2.05, 4.69) is 15.3 Å². The van der Waals surface area contributed by atoms with Crippen LogP contribution in [0.15, 0.2) is 35.4 Å². The Bertz CT molecular complexity index is 652. The smallest absolute Gasteiger partial charge is 0.407 e. The number of nitrogens with zero attached hydrogens (tertiary/aromatic N) is 3. The summed E-state index contributed by atoms with van der Waals surface area (Å²) < 4.78 is 16.3. The van der Waals surface area contributed by atoms with E-state index in [9.17, 15) is 9.90 Å². The fraction of sp³-hybridized carbons (Fsp3) is 0.588. The number of hydrogen-bond acceptors (Lipinski definition) is 6. The number of carbonyl (C=O) groups excluding carboxylic acids is 1. The first-order valence-corrected chi connectivity index (χ1v) is 8.60. The highest BCUT2D eigenvalue weighted by Gasteiger charge is 2.44. The summed E-state index contributed by atoms with van der Waals surface area (Å²) in [6, 6.07) is 8.78. The largest absolute Gasteiger partial charge is 0.443 e. The van der Waals surface area contributed by atoms with Gasteiger partial charge in [-0.15, -0.1) is 0 Å². The molecule has 2 aliphatic rings. The van der Waals surface area contributed by atoms with E-state index in [1.807, 2.05) is 30.3 Å². The Morgan fingerprint density at radius 3 is 3.00 bits per heavy atom. The predicted octanol–water partition coefficient (Wildman–Crippen LogP) is 1.76.